The van der Waals surface area contributed by atoms with Crippen LogP contribution in [0.2, 0.25) is 0 Å². The van der Waals surface area contributed by atoms with Gasteiger partial charge in [-0.1, -0.05) is 19.1 Å². The average Bonchev–Trinajstić information content (AvgIpc) is 2.44. The summed E-state index contributed by atoms with van der Waals surface area (Å²) < 4.78 is 0. The molecule has 3 N–H and O–H groups in total. The molecule has 0 fully saturated rings. The molecule has 0 aliphatic carbocycles. The highest BCUT2D eigenvalue weighted by Gasteiger charge is 2.26. The zero-order valence-electron chi connectivity index (χ0n) is 10.9. The number of fused-ring (bicyclic) bond motifs is 1. The lowest BCUT2D eigenvalue weighted by Gasteiger charge is -2.31. The summed E-state index contributed by atoms with van der Waals surface area (Å²) in [6.07, 6.45) is 1.18. The summed E-state index contributed by atoms with van der Waals surface area (Å²) in [6.45, 7) is 2.86. The van der Waals surface area contributed by atoms with E-state index in [1.165, 1.54) is 0 Å². The van der Waals surface area contributed by atoms with Crippen LogP contribution in [-0.4, -0.2) is 34.5 Å². The molecular formula is C14H18N2O3. The van der Waals surface area contributed by atoms with Gasteiger partial charge in [0.1, 0.15) is 0 Å². The van der Waals surface area contributed by atoms with Gasteiger partial charge in [0, 0.05) is 13.1 Å². The topological polar surface area (TPSA) is 83.6 Å². The van der Waals surface area contributed by atoms with Crippen molar-refractivity contribution >= 4 is 11.9 Å². The Morgan fingerprint density at radius 2 is 2.21 bits per heavy atom. The summed E-state index contributed by atoms with van der Waals surface area (Å²) in [5.41, 5.74) is 7.84. The number of hydrogen-bond acceptors (Lipinski definition) is 3. The maximum Gasteiger partial charge on any atom is 0.335 e. The maximum absolute atomic E-state index is 12.0. The molecule has 0 aromatic heterocycles. The van der Waals surface area contributed by atoms with Crippen LogP contribution in [0.25, 0.3) is 0 Å². The van der Waals surface area contributed by atoms with Gasteiger partial charge in [0.05, 0.1) is 11.6 Å². The minimum Gasteiger partial charge on any atom is -0.478 e. The standard InChI is InChI=1S/C14H18N2O3/c1-2-12(15)13(17)16-7-6-10-9(8-16)4-3-5-11(10)14(18)19/h3-5,12H,2,6-8,15H2,1H3,(H,18,19)/t12-/m1/s1. The Hall–Kier alpha value is -1.88. The molecule has 5 nitrogen and oxygen atoms in total. The number of carboxylic acid groups (broad SMARTS) is 1. The van der Waals surface area contributed by atoms with Crippen molar-refractivity contribution < 1.29 is 14.7 Å². The largest absolute Gasteiger partial charge is 0.478 e. The first-order chi connectivity index (χ1) is 9.04. The van der Waals surface area contributed by atoms with Gasteiger partial charge in [0.2, 0.25) is 5.91 Å². The molecule has 1 aromatic carbocycles. The molecule has 1 amide bonds. The van der Waals surface area contributed by atoms with Crippen molar-refractivity contribution in [1.82, 2.24) is 4.90 Å². The van der Waals surface area contributed by atoms with E-state index in [-0.39, 0.29) is 5.91 Å². The molecule has 19 heavy (non-hydrogen) atoms. The molecule has 0 radical (unpaired) electrons. The van der Waals surface area contributed by atoms with Gasteiger partial charge in [0.25, 0.3) is 0 Å². The monoisotopic (exact) mass is 262 g/mol. The first kappa shape index (κ1) is 13.5. The van der Waals surface area contributed by atoms with Crippen LogP contribution in [-0.2, 0) is 17.8 Å². The van der Waals surface area contributed by atoms with Gasteiger partial charge in [-0.2, -0.15) is 0 Å². The summed E-state index contributed by atoms with van der Waals surface area (Å²) in [6, 6.07) is 4.73. The molecule has 0 saturated heterocycles. The van der Waals surface area contributed by atoms with Gasteiger partial charge in [-0.25, -0.2) is 4.79 Å². The van der Waals surface area contributed by atoms with Crippen molar-refractivity contribution in [3.05, 3.63) is 34.9 Å². The van der Waals surface area contributed by atoms with Crippen molar-refractivity contribution in [3.8, 4) is 0 Å². The second-order valence-corrected chi connectivity index (χ2v) is 4.77. The Morgan fingerprint density at radius 3 is 2.84 bits per heavy atom. The summed E-state index contributed by atoms with van der Waals surface area (Å²) in [7, 11) is 0. The summed E-state index contributed by atoms with van der Waals surface area (Å²) in [5, 5.41) is 9.14. The molecule has 1 aromatic rings. The number of benzene rings is 1. The predicted molar refractivity (Wildman–Crippen MR) is 70.8 cm³/mol. The number of carbonyl (C=O) groups excluding carboxylic acids is 1. The number of nitrogens with zero attached hydrogens (tertiary/aromatic N) is 1. The van der Waals surface area contributed by atoms with Crippen molar-refractivity contribution in [1.29, 1.82) is 0 Å². The first-order valence-corrected chi connectivity index (χ1v) is 6.43. The first-order valence-electron chi connectivity index (χ1n) is 6.43. The van der Waals surface area contributed by atoms with Crippen LogP contribution >= 0.6 is 0 Å². The van der Waals surface area contributed by atoms with Crippen LogP contribution in [0.15, 0.2) is 18.2 Å². The Bertz CT molecular complexity index is 513. The van der Waals surface area contributed by atoms with E-state index in [0.717, 1.165) is 11.1 Å². The fraction of sp³-hybridized carbons (Fsp3) is 0.429. The highest BCUT2D eigenvalue weighted by atomic mass is 16.4. The number of amides is 1. The molecular weight excluding hydrogens is 244 g/mol. The van der Waals surface area contributed by atoms with Crippen molar-refractivity contribution in [2.75, 3.05) is 6.54 Å². The minimum absolute atomic E-state index is 0.0612. The molecule has 0 bridgehead atoms. The maximum atomic E-state index is 12.0. The van der Waals surface area contributed by atoms with Crippen LogP contribution in [0, 0.1) is 0 Å². The van der Waals surface area contributed by atoms with E-state index in [4.69, 9.17) is 10.8 Å². The van der Waals surface area contributed by atoms with Crippen LogP contribution in [0.1, 0.15) is 34.8 Å². The third-order valence-corrected chi connectivity index (χ3v) is 3.57. The van der Waals surface area contributed by atoms with Crippen molar-refractivity contribution in [2.45, 2.75) is 32.4 Å². The van der Waals surface area contributed by atoms with E-state index >= 15 is 0 Å². The molecule has 1 aliphatic heterocycles. The van der Waals surface area contributed by atoms with E-state index in [9.17, 15) is 9.59 Å². The lowest BCUT2D eigenvalue weighted by atomic mass is 9.94. The third-order valence-electron chi connectivity index (χ3n) is 3.57. The van der Waals surface area contributed by atoms with Crippen LogP contribution in [0.3, 0.4) is 0 Å². The Kier molecular flexibility index (Phi) is 3.85. The zero-order valence-corrected chi connectivity index (χ0v) is 10.9. The predicted octanol–water partition coefficient (Wildman–Crippen LogP) is 1.01. The van der Waals surface area contributed by atoms with Gasteiger partial charge in [-0.05, 0) is 30.0 Å². The molecule has 102 valence electrons. The summed E-state index contributed by atoms with van der Waals surface area (Å²) >= 11 is 0. The van der Waals surface area contributed by atoms with Gasteiger partial charge >= 0.3 is 5.97 Å². The molecule has 0 saturated carbocycles. The minimum atomic E-state index is -0.915. The number of nitrogens with two attached hydrogens (primary N) is 1. The average molecular weight is 262 g/mol. The van der Waals surface area contributed by atoms with E-state index in [0.29, 0.717) is 31.5 Å². The molecule has 1 aliphatic rings. The normalized spacial score (nSPS) is 15.8. The van der Waals surface area contributed by atoms with Crippen molar-refractivity contribution in [2.24, 2.45) is 5.73 Å². The zero-order chi connectivity index (χ0) is 14.0. The van der Waals surface area contributed by atoms with Gasteiger partial charge in [-0.3, -0.25) is 4.79 Å². The summed E-state index contributed by atoms with van der Waals surface area (Å²) in [4.78, 5) is 24.9. The fourth-order valence-electron chi connectivity index (χ4n) is 2.41. The second-order valence-electron chi connectivity index (χ2n) is 4.77. The Morgan fingerprint density at radius 1 is 1.47 bits per heavy atom. The SMILES string of the molecule is CC[C@@H](N)C(=O)N1CCc2c(cccc2C(=O)O)C1. The lowest BCUT2D eigenvalue weighted by Crippen LogP contribution is -2.45. The van der Waals surface area contributed by atoms with Gasteiger partial charge in [-0.15, -0.1) is 0 Å². The Balaban J connectivity index is 2.24. The molecule has 5 heteroatoms. The van der Waals surface area contributed by atoms with Crippen LogP contribution < -0.4 is 5.73 Å². The fourth-order valence-corrected chi connectivity index (χ4v) is 2.41. The van der Waals surface area contributed by atoms with Gasteiger partial charge < -0.3 is 15.7 Å². The quantitative estimate of drug-likeness (QED) is 0.851. The Labute approximate surface area is 112 Å². The molecule has 1 heterocycles. The summed E-state index contributed by atoms with van der Waals surface area (Å²) in [5.74, 6) is -0.976. The highest BCUT2D eigenvalue weighted by Crippen LogP contribution is 2.23. The van der Waals surface area contributed by atoms with E-state index in [1.807, 2.05) is 13.0 Å². The molecule has 0 unspecified atom stereocenters. The molecule has 2 rings (SSSR count). The third kappa shape index (κ3) is 2.61. The van der Waals surface area contributed by atoms with Crippen molar-refractivity contribution in [3.63, 3.8) is 0 Å². The van der Waals surface area contributed by atoms with Crippen LogP contribution in [0.4, 0.5) is 0 Å². The lowest BCUT2D eigenvalue weighted by molar-refractivity contribution is -0.133. The number of aromatic carboxylic acids is 1. The molecule has 0 spiro atoms. The number of carbonyl (C=O) groups is 2. The van der Waals surface area contributed by atoms with E-state index < -0.39 is 12.0 Å². The number of rotatable bonds is 3. The number of hydrogen-bond donors (Lipinski definition) is 2. The van der Waals surface area contributed by atoms with E-state index in [1.54, 1.807) is 17.0 Å². The second kappa shape index (κ2) is 5.40. The highest BCUT2D eigenvalue weighted by molar-refractivity contribution is 5.90. The van der Waals surface area contributed by atoms with Crippen LogP contribution in [0.5, 0.6) is 0 Å². The smallest absolute Gasteiger partial charge is 0.335 e. The molecule has 1 atom stereocenters. The van der Waals surface area contributed by atoms with Gasteiger partial charge in [0.15, 0.2) is 0 Å². The van der Waals surface area contributed by atoms with E-state index in [2.05, 4.69) is 0 Å². The number of carboxylic acids is 1.